The lowest BCUT2D eigenvalue weighted by atomic mass is 9.63. The predicted octanol–water partition coefficient (Wildman–Crippen LogP) is 1.79. The maximum Gasteiger partial charge on any atom is 0.319 e. The minimum absolute atomic E-state index is 0.104. The summed E-state index contributed by atoms with van der Waals surface area (Å²) in [5, 5.41) is 3.32. The van der Waals surface area contributed by atoms with Gasteiger partial charge in [0.15, 0.2) is 0 Å². The second kappa shape index (κ2) is 4.15. The van der Waals surface area contributed by atoms with Gasteiger partial charge >= 0.3 is 5.97 Å². The van der Waals surface area contributed by atoms with E-state index < -0.39 is 5.41 Å². The van der Waals surface area contributed by atoms with Crippen molar-refractivity contribution in [2.45, 2.75) is 38.3 Å². The Kier molecular flexibility index (Phi) is 2.96. The Labute approximate surface area is 102 Å². The number of hydrogen-bond acceptors (Lipinski definition) is 3. The van der Waals surface area contributed by atoms with Gasteiger partial charge in [-0.15, -0.1) is 0 Å². The third-order valence-corrected chi connectivity index (χ3v) is 3.92. The Bertz CT molecular complexity index is 416. The van der Waals surface area contributed by atoms with Gasteiger partial charge in [0.1, 0.15) is 5.41 Å². The summed E-state index contributed by atoms with van der Waals surface area (Å²) in [6, 6.07) is 8.34. The van der Waals surface area contributed by atoms with Crippen LogP contribution >= 0.6 is 0 Å². The van der Waals surface area contributed by atoms with Crippen molar-refractivity contribution >= 4 is 5.97 Å². The maximum absolute atomic E-state index is 12.2. The van der Waals surface area contributed by atoms with Crippen LogP contribution in [0.15, 0.2) is 24.3 Å². The third-order valence-electron chi connectivity index (χ3n) is 3.92. The first-order valence-electron chi connectivity index (χ1n) is 5.95. The van der Waals surface area contributed by atoms with E-state index in [4.69, 9.17) is 4.74 Å². The quantitative estimate of drug-likeness (QED) is 0.791. The Morgan fingerprint density at radius 1 is 1.24 bits per heavy atom. The summed E-state index contributed by atoms with van der Waals surface area (Å²) in [7, 11) is 1.45. The van der Waals surface area contributed by atoms with E-state index in [9.17, 15) is 4.79 Å². The van der Waals surface area contributed by atoms with Gasteiger partial charge in [-0.3, -0.25) is 4.79 Å². The standard InChI is InChI=1S/C14H19NO2/c1-9-5-7-12(8-6-9)14(13(16)17-4)10(2)15-11(14)3/h5-8,10-11,15H,1-4H3. The number of esters is 1. The van der Waals surface area contributed by atoms with Gasteiger partial charge in [0.25, 0.3) is 0 Å². The lowest BCUT2D eigenvalue weighted by Crippen LogP contribution is -2.74. The van der Waals surface area contributed by atoms with Crippen LogP contribution in [0.5, 0.6) is 0 Å². The number of aryl methyl sites for hydroxylation is 1. The zero-order chi connectivity index (χ0) is 12.6. The smallest absolute Gasteiger partial charge is 0.319 e. The van der Waals surface area contributed by atoms with Crippen molar-refractivity contribution in [1.29, 1.82) is 0 Å². The number of carbonyl (C=O) groups excluding carboxylic acids is 1. The Hall–Kier alpha value is -1.35. The van der Waals surface area contributed by atoms with E-state index in [1.165, 1.54) is 12.7 Å². The van der Waals surface area contributed by atoms with E-state index in [1.54, 1.807) is 0 Å². The summed E-state index contributed by atoms with van der Waals surface area (Å²) < 4.78 is 5.00. The molecule has 2 rings (SSSR count). The van der Waals surface area contributed by atoms with Gasteiger partial charge in [0.05, 0.1) is 7.11 Å². The molecular formula is C14H19NO2. The summed E-state index contributed by atoms with van der Waals surface area (Å²) in [4.78, 5) is 12.2. The Balaban J connectivity index is 2.48. The van der Waals surface area contributed by atoms with Crippen molar-refractivity contribution in [3.63, 3.8) is 0 Å². The topological polar surface area (TPSA) is 38.3 Å². The molecule has 92 valence electrons. The fraction of sp³-hybridized carbons (Fsp3) is 0.500. The number of ether oxygens (including phenoxy) is 1. The highest BCUT2D eigenvalue weighted by atomic mass is 16.5. The molecule has 1 heterocycles. The van der Waals surface area contributed by atoms with E-state index in [2.05, 4.69) is 5.32 Å². The molecule has 1 saturated heterocycles. The molecule has 1 N–H and O–H groups in total. The number of nitrogens with one attached hydrogen (secondary N) is 1. The lowest BCUT2D eigenvalue weighted by Gasteiger charge is -2.52. The second-order valence-corrected chi connectivity index (χ2v) is 4.84. The first-order valence-corrected chi connectivity index (χ1v) is 5.95. The van der Waals surface area contributed by atoms with Gasteiger partial charge in [-0.1, -0.05) is 29.8 Å². The summed E-state index contributed by atoms with van der Waals surface area (Å²) in [6.45, 7) is 6.09. The first kappa shape index (κ1) is 12.1. The van der Waals surface area contributed by atoms with E-state index >= 15 is 0 Å². The number of hydrogen-bond donors (Lipinski definition) is 1. The Morgan fingerprint density at radius 2 is 1.76 bits per heavy atom. The van der Waals surface area contributed by atoms with Gasteiger partial charge in [-0.05, 0) is 26.3 Å². The molecule has 0 saturated carbocycles. The molecule has 1 aromatic carbocycles. The highest BCUT2D eigenvalue weighted by molar-refractivity contribution is 5.87. The van der Waals surface area contributed by atoms with Gasteiger partial charge < -0.3 is 10.1 Å². The van der Waals surface area contributed by atoms with Crippen molar-refractivity contribution in [2.24, 2.45) is 0 Å². The van der Waals surface area contributed by atoms with Crippen LogP contribution in [-0.2, 0) is 14.9 Å². The van der Waals surface area contributed by atoms with E-state index in [0.717, 1.165) is 5.56 Å². The molecule has 0 aliphatic carbocycles. The number of benzene rings is 1. The predicted molar refractivity (Wildman–Crippen MR) is 66.9 cm³/mol. The van der Waals surface area contributed by atoms with Crippen LogP contribution in [0.25, 0.3) is 0 Å². The molecular weight excluding hydrogens is 214 g/mol. The molecule has 0 radical (unpaired) electrons. The number of methoxy groups -OCH3 is 1. The van der Waals surface area contributed by atoms with Crippen LogP contribution < -0.4 is 5.32 Å². The molecule has 1 aliphatic heterocycles. The molecule has 0 amide bonds. The van der Waals surface area contributed by atoms with Crippen LogP contribution in [0, 0.1) is 6.92 Å². The van der Waals surface area contributed by atoms with Gasteiger partial charge in [0.2, 0.25) is 0 Å². The molecule has 17 heavy (non-hydrogen) atoms. The van der Waals surface area contributed by atoms with Crippen molar-refractivity contribution < 1.29 is 9.53 Å². The van der Waals surface area contributed by atoms with Crippen LogP contribution in [-0.4, -0.2) is 25.2 Å². The molecule has 1 fully saturated rings. The normalized spacial score (nSPS) is 31.8. The maximum atomic E-state index is 12.2. The zero-order valence-electron chi connectivity index (χ0n) is 10.8. The minimum Gasteiger partial charge on any atom is -0.468 e. The van der Waals surface area contributed by atoms with Gasteiger partial charge in [-0.2, -0.15) is 0 Å². The summed E-state index contributed by atoms with van der Waals surface area (Å²) in [6.07, 6.45) is 0. The minimum atomic E-state index is -0.539. The van der Waals surface area contributed by atoms with Crippen LogP contribution in [0.2, 0.25) is 0 Å². The Morgan fingerprint density at radius 3 is 2.18 bits per heavy atom. The average Bonchev–Trinajstić information content (AvgIpc) is 2.31. The van der Waals surface area contributed by atoms with E-state index in [0.29, 0.717) is 0 Å². The largest absolute Gasteiger partial charge is 0.468 e. The number of carbonyl (C=O) groups is 1. The van der Waals surface area contributed by atoms with Gasteiger partial charge in [-0.25, -0.2) is 0 Å². The van der Waals surface area contributed by atoms with E-state index in [1.807, 2.05) is 45.0 Å². The van der Waals surface area contributed by atoms with Crippen LogP contribution in [0.1, 0.15) is 25.0 Å². The molecule has 1 aromatic rings. The molecule has 2 atom stereocenters. The molecule has 2 unspecified atom stereocenters. The lowest BCUT2D eigenvalue weighted by molar-refractivity contribution is -0.155. The third kappa shape index (κ3) is 1.57. The zero-order valence-corrected chi connectivity index (χ0v) is 10.8. The van der Waals surface area contributed by atoms with E-state index in [-0.39, 0.29) is 18.1 Å². The molecule has 0 spiro atoms. The fourth-order valence-corrected chi connectivity index (χ4v) is 2.89. The highest BCUT2D eigenvalue weighted by Crippen LogP contribution is 2.40. The molecule has 3 heteroatoms. The summed E-state index contributed by atoms with van der Waals surface area (Å²) in [5.74, 6) is -0.153. The number of rotatable bonds is 2. The second-order valence-electron chi connectivity index (χ2n) is 4.84. The van der Waals surface area contributed by atoms with Crippen molar-refractivity contribution in [2.75, 3.05) is 7.11 Å². The SMILES string of the molecule is COC(=O)C1(c2ccc(C)cc2)C(C)NC1C. The van der Waals surface area contributed by atoms with Crippen molar-refractivity contribution in [3.05, 3.63) is 35.4 Å². The molecule has 1 aliphatic rings. The van der Waals surface area contributed by atoms with Crippen molar-refractivity contribution in [3.8, 4) is 0 Å². The van der Waals surface area contributed by atoms with Crippen LogP contribution in [0.4, 0.5) is 0 Å². The van der Waals surface area contributed by atoms with Crippen molar-refractivity contribution in [1.82, 2.24) is 5.32 Å². The van der Waals surface area contributed by atoms with Gasteiger partial charge in [0, 0.05) is 12.1 Å². The summed E-state index contributed by atoms with van der Waals surface area (Å²) >= 11 is 0. The highest BCUT2D eigenvalue weighted by Gasteiger charge is 2.58. The molecule has 0 aromatic heterocycles. The molecule has 0 bridgehead atoms. The molecule has 3 nitrogen and oxygen atoms in total. The first-order chi connectivity index (χ1) is 8.03. The summed E-state index contributed by atoms with van der Waals surface area (Å²) in [5.41, 5.74) is 1.69. The monoisotopic (exact) mass is 233 g/mol. The van der Waals surface area contributed by atoms with Crippen LogP contribution in [0.3, 0.4) is 0 Å². The fourth-order valence-electron chi connectivity index (χ4n) is 2.89. The average molecular weight is 233 g/mol.